The number of para-hydroxylation sites is 1. The average molecular weight is 441 g/mol. The molecule has 7 heteroatoms. The van der Waals surface area contributed by atoms with E-state index in [0.29, 0.717) is 23.5 Å². The highest BCUT2D eigenvalue weighted by Crippen LogP contribution is 2.26. The summed E-state index contributed by atoms with van der Waals surface area (Å²) in [6.07, 6.45) is 1.23. The van der Waals surface area contributed by atoms with Gasteiger partial charge in [-0.1, -0.05) is 54.6 Å². The van der Waals surface area contributed by atoms with Gasteiger partial charge in [0, 0.05) is 24.0 Å². The van der Waals surface area contributed by atoms with Gasteiger partial charge in [0.1, 0.15) is 5.69 Å². The zero-order valence-corrected chi connectivity index (χ0v) is 18.4. The molecular weight excluding hydrogens is 416 g/mol. The van der Waals surface area contributed by atoms with Crippen molar-refractivity contribution in [1.82, 2.24) is 15.1 Å². The number of benzene rings is 3. The SMILES string of the molecule is COC(=O)Nc1ccc(CNC(=O)c2cn(-c3ccccc3)nc2-c2ccccc2C)cc1. The van der Waals surface area contributed by atoms with Crippen LogP contribution in [-0.2, 0) is 11.3 Å². The molecule has 0 aliphatic rings. The fourth-order valence-corrected chi connectivity index (χ4v) is 3.44. The van der Waals surface area contributed by atoms with E-state index in [-0.39, 0.29) is 5.91 Å². The summed E-state index contributed by atoms with van der Waals surface area (Å²) >= 11 is 0. The molecule has 2 amide bonds. The van der Waals surface area contributed by atoms with Crippen LogP contribution in [-0.4, -0.2) is 28.9 Å². The monoisotopic (exact) mass is 440 g/mol. The van der Waals surface area contributed by atoms with E-state index in [2.05, 4.69) is 15.4 Å². The number of nitrogens with one attached hydrogen (secondary N) is 2. The quantitative estimate of drug-likeness (QED) is 0.444. The first-order valence-corrected chi connectivity index (χ1v) is 10.5. The minimum absolute atomic E-state index is 0.216. The Kier molecular flexibility index (Phi) is 6.50. The molecule has 1 heterocycles. The van der Waals surface area contributed by atoms with E-state index in [1.165, 1.54) is 7.11 Å². The molecule has 0 radical (unpaired) electrons. The van der Waals surface area contributed by atoms with Gasteiger partial charge in [0.05, 0.1) is 18.4 Å². The molecule has 0 aliphatic heterocycles. The second-order valence-electron chi connectivity index (χ2n) is 7.48. The van der Waals surface area contributed by atoms with Crippen LogP contribution >= 0.6 is 0 Å². The van der Waals surface area contributed by atoms with Gasteiger partial charge >= 0.3 is 6.09 Å². The van der Waals surface area contributed by atoms with Gasteiger partial charge in [0.25, 0.3) is 5.91 Å². The summed E-state index contributed by atoms with van der Waals surface area (Å²) in [5.41, 5.74) is 5.47. The standard InChI is InChI=1S/C26H24N4O3/c1-18-8-6-7-11-22(18)24-23(17-30(29-24)21-9-4-3-5-10-21)25(31)27-16-19-12-14-20(15-13-19)28-26(32)33-2/h3-15,17H,16H2,1-2H3,(H,27,31)(H,28,32). The molecule has 0 aliphatic carbocycles. The highest BCUT2D eigenvalue weighted by molar-refractivity contribution is 6.00. The van der Waals surface area contributed by atoms with Crippen molar-refractivity contribution in [1.29, 1.82) is 0 Å². The van der Waals surface area contributed by atoms with Crippen LogP contribution in [0.3, 0.4) is 0 Å². The number of aryl methyl sites for hydroxylation is 1. The molecule has 33 heavy (non-hydrogen) atoms. The molecule has 0 atom stereocenters. The van der Waals surface area contributed by atoms with Gasteiger partial charge in [-0.15, -0.1) is 0 Å². The molecular formula is C26H24N4O3. The predicted molar refractivity (Wildman–Crippen MR) is 127 cm³/mol. The van der Waals surface area contributed by atoms with E-state index in [0.717, 1.165) is 22.4 Å². The Morgan fingerprint density at radius 3 is 2.33 bits per heavy atom. The highest BCUT2D eigenvalue weighted by atomic mass is 16.5. The first kappa shape index (κ1) is 21.8. The molecule has 0 saturated heterocycles. The van der Waals surface area contributed by atoms with Crippen molar-refractivity contribution in [3.63, 3.8) is 0 Å². The summed E-state index contributed by atoms with van der Waals surface area (Å²) in [7, 11) is 1.31. The number of carbonyl (C=O) groups is 2. The Morgan fingerprint density at radius 1 is 0.939 bits per heavy atom. The Bertz CT molecular complexity index is 1260. The maximum absolute atomic E-state index is 13.2. The third-order valence-corrected chi connectivity index (χ3v) is 5.22. The number of amides is 2. The van der Waals surface area contributed by atoms with E-state index in [9.17, 15) is 9.59 Å². The van der Waals surface area contributed by atoms with Gasteiger partial charge in [0.15, 0.2) is 0 Å². The maximum Gasteiger partial charge on any atom is 0.411 e. The van der Waals surface area contributed by atoms with Crippen LogP contribution in [0.2, 0.25) is 0 Å². The number of methoxy groups -OCH3 is 1. The number of nitrogens with zero attached hydrogens (tertiary/aromatic N) is 2. The number of ether oxygens (including phenoxy) is 1. The largest absolute Gasteiger partial charge is 0.453 e. The maximum atomic E-state index is 13.2. The normalized spacial score (nSPS) is 10.5. The molecule has 166 valence electrons. The first-order valence-electron chi connectivity index (χ1n) is 10.5. The van der Waals surface area contributed by atoms with Gasteiger partial charge in [0.2, 0.25) is 0 Å². The average Bonchev–Trinajstić information content (AvgIpc) is 3.29. The smallest absolute Gasteiger partial charge is 0.411 e. The van der Waals surface area contributed by atoms with Gasteiger partial charge in [-0.05, 0) is 42.3 Å². The minimum Gasteiger partial charge on any atom is -0.453 e. The van der Waals surface area contributed by atoms with Gasteiger partial charge in [-0.25, -0.2) is 9.48 Å². The van der Waals surface area contributed by atoms with Crippen LogP contribution in [0, 0.1) is 6.92 Å². The second-order valence-corrected chi connectivity index (χ2v) is 7.48. The third kappa shape index (κ3) is 5.10. The van der Waals surface area contributed by atoms with Crippen LogP contribution in [0.15, 0.2) is 85.1 Å². The zero-order valence-electron chi connectivity index (χ0n) is 18.4. The first-order chi connectivity index (χ1) is 16.0. The molecule has 1 aromatic heterocycles. The summed E-state index contributed by atoms with van der Waals surface area (Å²) in [5, 5.41) is 10.3. The summed E-state index contributed by atoms with van der Waals surface area (Å²) < 4.78 is 6.31. The topological polar surface area (TPSA) is 85.3 Å². The third-order valence-electron chi connectivity index (χ3n) is 5.22. The lowest BCUT2D eigenvalue weighted by Gasteiger charge is -2.08. The molecule has 3 aromatic carbocycles. The lowest BCUT2D eigenvalue weighted by molar-refractivity contribution is 0.0951. The molecule has 7 nitrogen and oxygen atoms in total. The summed E-state index contributed by atoms with van der Waals surface area (Å²) in [6.45, 7) is 2.34. The molecule has 0 saturated carbocycles. The van der Waals surface area contributed by atoms with Crippen molar-refractivity contribution in [2.75, 3.05) is 12.4 Å². The van der Waals surface area contributed by atoms with Crippen LogP contribution in [0.25, 0.3) is 16.9 Å². The number of anilines is 1. The number of carbonyl (C=O) groups excluding carboxylic acids is 2. The molecule has 0 fully saturated rings. The van der Waals surface area contributed by atoms with Gasteiger partial charge in [-0.3, -0.25) is 10.1 Å². The van der Waals surface area contributed by atoms with Crippen molar-refractivity contribution in [3.8, 4) is 16.9 Å². The summed E-state index contributed by atoms with van der Waals surface area (Å²) in [5.74, 6) is -0.216. The number of hydrogen-bond acceptors (Lipinski definition) is 4. The van der Waals surface area contributed by atoms with E-state index in [1.807, 2.05) is 73.7 Å². The molecule has 0 unspecified atom stereocenters. The number of aromatic nitrogens is 2. The molecule has 0 bridgehead atoms. The highest BCUT2D eigenvalue weighted by Gasteiger charge is 2.19. The van der Waals surface area contributed by atoms with Gasteiger partial charge in [-0.2, -0.15) is 5.10 Å². The van der Waals surface area contributed by atoms with Crippen molar-refractivity contribution in [2.24, 2.45) is 0 Å². The van der Waals surface area contributed by atoms with Crippen molar-refractivity contribution >= 4 is 17.7 Å². The predicted octanol–water partition coefficient (Wildman–Crippen LogP) is 4.96. The van der Waals surface area contributed by atoms with E-state index >= 15 is 0 Å². The zero-order chi connectivity index (χ0) is 23.2. The second kappa shape index (κ2) is 9.82. The summed E-state index contributed by atoms with van der Waals surface area (Å²) in [4.78, 5) is 24.5. The van der Waals surface area contributed by atoms with Crippen LogP contribution in [0.5, 0.6) is 0 Å². The number of hydrogen-bond donors (Lipinski definition) is 2. The molecule has 0 spiro atoms. The van der Waals surface area contributed by atoms with Crippen molar-refractivity contribution < 1.29 is 14.3 Å². The van der Waals surface area contributed by atoms with Crippen LogP contribution < -0.4 is 10.6 Å². The van der Waals surface area contributed by atoms with Crippen LogP contribution in [0.4, 0.5) is 10.5 Å². The summed E-state index contributed by atoms with van der Waals surface area (Å²) in [6, 6.07) is 24.7. The Balaban J connectivity index is 1.57. The Hall–Kier alpha value is -4.39. The fraction of sp³-hybridized carbons (Fsp3) is 0.115. The van der Waals surface area contributed by atoms with E-state index in [4.69, 9.17) is 5.10 Å². The fourth-order valence-electron chi connectivity index (χ4n) is 3.44. The Labute approximate surface area is 192 Å². The van der Waals surface area contributed by atoms with Gasteiger partial charge < -0.3 is 10.1 Å². The van der Waals surface area contributed by atoms with E-state index in [1.54, 1.807) is 23.0 Å². The minimum atomic E-state index is -0.532. The van der Waals surface area contributed by atoms with Crippen LogP contribution in [0.1, 0.15) is 21.5 Å². The molecule has 4 rings (SSSR count). The van der Waals surface area contributed by atoms with Crippen molar-refractivity contribution in [2.45, 2.75) is 13.5 Å². The Morgan fingerprint density at radius 2 is 1.64 bits per heavy atom. The van der Waals surface area contributed by atoms with Crippen molar-refractivity contribution in [3.05, 3.63) is 102 Å². The molecule has 2 N–H and O–H groups in total. The number of rotatable bonds is 6. The molecule has 4 aromatic rings. The van der Waals surface area contributed by atoms with E-state index < -0.39 is 6.09 Å². The lowest BCUT2D eigenvalue weighted by atomic mass is 10.0. The lowest BCUT2D eigenvalue weighted by Crippen LogP contribution is -2.23.